The number of fused-ring (bicyclic) bond motifs is 1. The third-order valence-electron chi connectivity index (χ3n) is 4.85. The molecule has 0 saturated carbocycles. The summed E-state index contributed by atoms with van der Waals surface area (Å²) in [4.78, 5) is 28.1. The number of unbranched alkanes of at least 4 members (excludes halogenated alkanes) is 1. The van der Waals surface area contributed by atoms with Crippen molar-refractivity contribution in [1.29, 1.82) is 0 Å². The number of benzene rings is 1. The second-order valence-corrected chi connectivity index (χ2v) is 8.57. The molecular weight excluding hydrogens is 352 g/mol. The molecule has 1 aromatic carbocycles. The summed E-state index contributed by atoms with van der Waals surface area (Å²) in [6, 6.07) is 7.58. The molecule has 154 valence electrons. The number of carbonyl (C=O) groups is 1. The molecule has 2 rings (SSSR count). The fraction of sp³-hybridized carbons (Fsp3) is 0.565. The Hall–Kier alpha value is -2.30. The molecule has 0 saturated heterocycles. The molecule has 0 unspecified atom stereocenters. The molecule has 0 atom stereocenters. The first-order chi connectivity index (χ1) is 13.2. The van der Waals surface area contributed by atoms with Crippen LogP contribution in [0.2, 0.25) is 0 Å². The Morgan fingerprint density at radius 2 is 1.89 bits per heavy atom. The standard InChI is InChI=1S/C23H34N2O3/c1-7-9-12-24(16-23(3,4)5)21(26)15-25-20-14-19(28-6)11-10-18(20)13-17(8-2)22(25)27/h10-11,13-14H,7-9,12,15-16H2,1-6H3. The average Bonchev–Trinajstić information content (AvgIpc) is 2.65. The summed E-state index contributed by atoms with van der Waals surface area (Å²) in [5.74, 6) is 0.665. The van der Waals surface area contributed by atoms with Crippen molar-refractivity contribution >= 4 is 16.8 Å². The van der Waals surface area contributed by atoms with E-state index in [4.69, 9.17) is 4.74 Å². The molecule has 5 heteroatoms. The van der Waals surface area contributed by atoms with Crippen molar-refractivity contribution in [2.45, 2.75) is 60.4 Å². The van der Waals surface area contributed by atoms with Gasteiger partial charge >= 0.3 is 0 Å². The Morgan fingerprint density at radius 1 is 1.18 bits per heavy atom. The maximum atomic E-state index is 13.2. The first-order valence-electron chi connectivity index (χ1n) is 10.2. The highest BCUT2D eigenvalue weighted by atomic mass is 16.5. The van der Waals surface area contributed by atoms with Crippen LogP contribution in [0.15, 0.2) is 29.1 Å². The molecule has 1 amide bonds. The van der Waals surface area contributed by atoms with Gasteiger partial charge < -0.3 is 9.64 Å². The number of hydrogen-bond donors (Lipinski definition) is 0. The van der Waals surface area contributed by atoms with Crippen molar-refractivity contribution in [1.82, 2.24) is 9.47 Å². The lowest BCUT2D eigenvalue weighted by atomic mass is 9.96. The molecule has 0 aliphatic rings. The van der Waals surface area contributed by atoms with Crippen LogP contribution >= 0.6 is 0 Å². The molecule has 0 fully saturated rings. The predicted molar refractivity (Wildman–Crippen MR) is 115 cm³/mol. The van der Waals surface area contributed by atoms with E-state index in [2.05, 4.69) is 27.7 Å². The zero-order chi connectivity index (χ0) is 20.9. The van der Waals surface area contributed by atoms with Crippen molar-refractivity contribution in [2.75, 3.05) is 20.2 Å². The molecular formula is C23H34N2O3. The first kappa shape index (κ1) is 22.0. The van der Waals surface area contributed by atoms with E-state index in [0.717, 1.165) is 35.9 Å². The molecule has 0 radical (unpaired) electrons. The molecule has 28 heavy (non-hydrogen) atoms. The van der Waals surface area contributed by atoms with Crippen LogP contribution in [0.5, 0.6) is 5.75 Å². The quantitative estimate of drug-likeness (QED) is 0.682. The first-order valence-corrected chi connectivity index (χ1v) is 10.2. The zero-order valence-electron chi connectivity index (χ0n) is 18.2. The summed E-state index contributed by atoms with van der Waals surface area (Å²) in [6.07, 6.45) is 2.62. The molecule has 2 aromatic rings. The number of ether oxygens (including phenoxy) is 1. The van der Waals surface area contributed by atoms with Gasteiger partial charge in [-0.2, -0.15) is 0 Å². The molecule has 5 nitrogen and oxygen atoms in total. The fourth-order valence-electron chi connectivity index (χ4n) is 3.40. The number of nitrogens with zero attached hydrogens (tertiary/aromatic N) is 2. The van der Waals surface area contributed by atoms with E-state index in [1.54, 1.807) is 11.7 Å². The fourth-order valence-corrected chi connectivity index (χ4v) is 3.40. The molecule has 1 heterocycles. The van der Waals surface area contributed by atoms with Crippen LogP contribution in [0.1, 0.15) is 53.0 Å². The number of aromatic nitrogens is 1. The summed E-state index contributed by atoms with van der Waals surface area (Å²) < 4.78 is 6.95. The van der Waals surface area contributed by atoms with Gasteiger partial charge in [-0.3, -0.25) is 14.2 Å². The molecule has 0 N–H and O–H groups in total. The largest absolute Gasteiger partial charge is 0.497 e. The lowest BCUT2D eigenvalue weighted by molar-refractivity contribution is -0.133. The minimum atomic E-state index is -0.0946. The van der Waals surface area contributed by atoms with E-state index < -0.39 is 0 Å². The summed E-state index contributed by atoms with van der Waals surface area (Å²) in [5.41, 5.74) is 1.37. The summed E-state index contributed by atoms with van der Waals surface area (Å²) in [7, 11) is 1.60. The second kappa shape index (κ2) is 9.26. The Bertz CT molecular complexity index is 878. The van der Waals surface area contributed by atoms with E-state index in [-0.39, 0.29) is 23.4 Å². The molecule has 1 aromatic heterocycles. The van der Waals surface area contributed by atoms with Gasteiger partial charge in [0.15, 0.2) is 0 Å². The van der Waals surface area contributed by atoms with Gasteiger partial charge in [0.2, 0.25) is 5.91 Å². The maximum Gasteiger partial charge on any atom is 0.254 e. The Kier molecular flexibility index (Phi) is 7.28. The molecule has 0 aliphatic heterocycles. The highest BCUT2D eigenvalue weighted by Crippen LogP contribution is 2.21. The van der Waals surface area contributed by atoms with Gasteiger partial charge in [-0.1, -0.05) is 41.0 Å². The van der Waals surface area contributed by atoms with Crippen molar-refractivity contribution in [3.63, 3.8) is 0 Å². The van der Waals surface area contributed by atoms with Gasteiger partial charge in [0, 0.05) is 24.7 Å². The highest BCUT2D eigenvalue weighted by Gasteiger charge is 2.22. The Labute approximate surface area is 168 Å². The Balaban J connectivity index is 2.48. The minimum absolute atomic E-state index is 0.00488. The van der Waals surface area contributed by atoms with Gasteiger partial charge in [-0.15, -0.1) is 0 Å². The second-order valence-electron chi connectivity index (χ2n) is 8.57. The van der Waals surface area contributed by atoms with Gasteiger partial charge in [0.25, 0.3) is 5.56 Å². The van der Waals surface area contributed by atoms with Crippen molar-refractivity contribution in [3.05, 3.63) is 40.2 Å². The Morgan fingerprint density at radius 3 is 2.46 bits per heavy atom. The number of aryl methyl sites for hydroxylation is 1. The van der Waals surface area contributed by atoms with E-state index in [0.29, 0.717) is 18.7 Å². The monoisotopic (exact) mass is 386 g/mol. The number of amides is 1. The lowest BCUT2D eigenvalue weighted by Gasteiger charge is -2.30. The normalized spacial score (nSPS) is 11.6. The minimum Gasteiger partial charge on any atom is -0.497 e. The van der Waals surface area contributed by atoms with Gasteiger partial charge in [0.1, 0.15) is 12.3 Å². The van der Waals surface area contributed by atoms with Crippen LogP contribution in [-0.2, 0) is 17.8 Å². The smallest absolute Gasteiger partial charge is 0.254 e. The molecule has 0 bridgehead atoms. The summed E-state index contributed by atoms with van der Waals surface area (Å²) >= 11 is 0. The third-order valence-corrected chi connectivity index (χ3v) is 4.85. The lowest BCUT2D eigenvalue weighted by Crippen LogP contribution is -2.42. The number of carbonyl (C=O) groups excluding carboxylic acids is 1. The summed E-state index contributed by atoms with van der Waals surface area (Å²) in [5, 5.41) is 0.945. The van der Waals surface area contributed by atoms with Gasteiger partial charge in [-0.25, -0.2) is 0 Å². The summed E-state index contributed by atoms with van der Waals surface area (Å²) in [6.45, 7) is 11.9. The number of rotatable bonds is 8. The zero-order valence-corrected chi connectivity index (χ0v) is 18.2. The van der Waals surface area contributed by atoms with Crippen molar-refractivity contribution in [3.8, 4) is 5.75 Å². The van der Waals surface area contributed by atoms with Crippen LogP contribution in [0.4, 0.5) is 0 Å². The topological polar surface area (TPSA) is 51.5 Å². The molecule has 0 spiro atoms. The maximum absolute atomic E-state index is 13.2. The van der Waals surface area contributed by atoms with E-state index in [1.165, 1.54) is 0 Å². The SMILES string of the molecule is CCCCN(CC(C)(C)C)C(=O)Cn1c(=O)c(CC)cc2ccc(OC)cc21. The van der Waals surface area contributed by atoms with Crippen LogP contribution in [-0.4, -0.2) is 35.6 Å². The van der Waals surface area contributed by atoms with Gasteiger partial charge in [-0.05, 0) is 41.8 Å². The highest BCUT2D eigenvalue weighted by molar-refractivity contribution is 5.84. The average molecular weight is 387 g/mol. The van der Waals surface area contributed by atoms with E-state index in [1.807, 2.05) is 36.1 Å². The molecule has 0 aliphatic carbocycles. The third kappa shape index (κ3) is 5.37. The van der Waals surface area contributed by atoms with Crippen LogP contribution in [0, 0.1) is 5.41 Å². The van der Waals surface area contributed by atoms with Crippen LogP contribution < -0.4 is 10.3 Å². The van der Waals surface area contributed by atoms with Gasteiger partial charge in [0.05, 0.1) is 12.6 Å². The number of pyridine rings is 1. The van der Waals surface area contributed by atoms with Crippen molar-refractivity contribution in [2.24, 2.45) is 5.41 Å². The van der Waals surface area contributed by atoms with E-state index >= 15 is 0 Å². The number of hydrogen-bond acceptors (Lipinski definition) is 3. The predicted octanol–water partition coefficient (Wildman–Crippen LogP) is 4.25. The van der Waals surface area contributed by atoms with Crippen LogP contribution in [0.3, 0.4) is 0 Å². The van der Waals surface area contributed by atoms with E-state index in [9.17, 15) is 9.59 Å². The number of methoxy groups -OCH3 is 1. The van der Waals surface area contributed by atoms with Crippen molar-refractivity contribution < 1.29 is 9.53 Å². The van der Waals surface area contributed by atoms with Crippen LogP contribution in [0.25, 0.3) is 10.9 Å².